The highest BCUT2D eigenvalue weighted by Crippen LogP contribution is 2.34. The molecule has 1 aliphatic heterocycles. The molecule has 1 N–H and O–H groups in total. The van der Waals surface area contributed by atoms with E-state index in [0.717, 1.165) is 23.1 Å². The zero-order chi connectivity index (χ0) is 20.4. The Labute approximate surface area is 173 Å². The average molecular weight is 410 g/mol. The number of amides is 1. The maximum Gasteiger partial charge on any atom is 0.237 e. The third kappa shape index (κ3) is 4.07. The van der Waals surface area contributed by atoms with Crippen LogP contribution in [-0.2, 0) is 11.3 Å². The molecule has 0 spiro atoms. The average Bonchev–Trinajstić information content (AvgIpc) is 3.34. The highest BCUT2D eigenvalue weighted by molar-refractivity contribution is 8.00. The quantitative estimate of drug-likeness (QED) is 0.616. The Kier molecular flexibility index (Phi) is 5.44. The molecule has 1 aromatic heterocycles. The van der Waals surface area contributed by atoms with Gasteiger partial charge < -0.3 is 19.4 Å². The van der Waals surface area contributed by atoms with Gasteiger partial charge in [-0.1, -0.05) is 35.5 Å². The molecule has 1 amide bonds. The number of benzene rings is 2. The first-order valence-corrected chi connectivity index (χ1v) is 10.3. The van der Waals surface area contributed by atoms with Gasteiger partial charge in [-0.3, -0.25) is 4.79 Å². The molecule has 29 heavy (non-hydrogen) atoms. The van der Waals surface area contributed by atoms with Crippen molar-refractivity contribution < 1.29 is 14.3 Å². The molecule has 0 aliphatic carbocycles. The molecule has 1 atom stereocenters. The molecule has 0 fully saturated rings. The zero-order valence-electron chi connectivity index (χ0n) is 16.5. The molecule has 0 saturated heterocycles. The molecule has 2 heterocycles. The lowest BCUT2D eigenvalue weighted by Crippen LogP contribution is -2.22. The van der Waals surface area contributed by atoms with Crippen molar-refractivity contribution in [2.45, 2.75) is 37.7 Å². The van der Waals surface area contributed by atoms with E-state index in [1.807, 2.05) is 43.5 Å². The summed E-state index contributed by atoms with van der Waals surface area (Å²) >= 11 is 1.39. The number of fused-ring (bicyclic) bond motifs is 1. The second kappa shape index (κ2) is 8.16. The molecule has 1 aliphatic rings. The van der Waals surface area contributed by atoms with Crippen LogP contribution in [0.15, 0.2) is 47.6 Å². The van der Waals surface area contributed by atoms with E-state index in [0.29, 0.717) is 17.2 Å². The molecular weight excluding hydrogens is 388 g/mol. The Morgan fingerprint density at radius 3 is 2.83 bits per heavy atom. The first-order chi connectivity index (χ1) is 14.0. The summed E-state index contributed by atoms with van der Waals surface area (Å²) in [5.41, 5.74) is 2.85. The fourth-order valence-electron chi connectivity index (χ4n) is 3.09. The van der Waals surface area contributed by atoms with E-state index in [-0.39, 0.29) is 18.0 Å². The highest BCUT2D eigenvalue weighted by atomic mass is 32.2. The smallest absolute Gasteiger partial charge is 0.237 e. The standard InChI is InChI=1S/C21H22N4O3S/c1-4-25-19(15-7-5-6-13(2)10-15)23-24-21(25)29-14(3)20(26)22-16-8-9-17-18(11-16)28-12-27-17/h5-11,14H,4,12H2,1-3H3,(H,22,26). The van der Waals surface area contributed by atoms with Crippen LogP contribution in [0.1, 0.15) is 19.4 Å². The van der Waals surface area contributed by atoms with Gasteiger partial charge in [-0.15, -0.1) is 10.2 Å². The number of aryl methyl sites for hydroxylation is 1. The van der Waals surface area contributed by atoms with E-state index in [4.69, 9.17) is 9.47 Å². The van der Waals surface area contributed by atoms with Crippen LogP contribution >= 0.6 is 11.8 Å². The fourth-order valence-corrected chi connectivity index (χ4v) is 4.00. The Hall–Kier alpha value is -3.00. The minimum atomic E-state index is -0.347. The van der Waals surface area contributed by atoms with Gasteiger partial charge >= 0.3 is 0 Å². The predicted octanol–water partition coefficient (Wildman–Crippen LogP) is 4.12. The summed E-state index contributed by atoms with van der Waals surface area (Å²) in [4.78, 5) is 12.7. The number of thioether (sulfide) groups is 1. The van der Waals surface area contributed by atoms with Crippen molar-refractivity contribution in [3.63, 3.8) is 0 Å². The Balaban J connectivity index is 1.48. The Morgan fingerprint density at radius 1 is 1.21 bits per heavy atom. The number of rotatable bonds is 6. The van der Waals surface area contributed by atoms with Crippen molar-refractivity contribution >= 4 is 23.4 Å². The zero-order valence-corrected chi connectivity index (χ0v) is 17.3. The van der Waals surface area contributed by atoms with Crippen LogP contribution < -0.4 is 14.8 Å². The molecule has 1 unspecified atom stereocenters. The summed E-state index contributed by atoms with van der Waals surface area (Å²) < 4.78 is 12.7. The molecule has 0 saturated carbocycles. The second-order valence-corrected chi connectivity index (χ2v) is 8.05. The van der Waals surface area contributed by atoms with Gasteiger partial charge in [0, 0.05) is 23.9 Å². The first kappa shape index (κ1) is 19.3. The Bertz CT molecular complexity index is 1050. The molecule has 3 aromatic rings. The molecular formula is C21H22N4O3S. The van der Waals surface area contributed by atoms with Crippen LogP contribution in [0.2, 0.25) is 0 Å². The minimum absolute atomic E-state index is 0.114. The Morgan fingerprint density at radius 2 is 2.03 bits per heavy atom. The van der Waals surface area contributed by atoms with E-state index in [1.165, 1.54) is 17.3 Å². The van der Waals surface area contributed by atoms with Gasteiger partial charge in [0.15, 0.2) is 22.5 Å². The number of aromatic nitrogens is 3. The number of hydrogen-bond donors (Lipinski definition) is 1. The van der Waals surface area contributed by atoms with Gasteiger partial charge in [0.2, 0.25) is 12.7 Å². The van der Waals surface area contributed by atoms with Gasteiger partial charge in [0.05, 0.1) is 5.25 Å². The lowest BCUT2D eigenvalue weighted by Gasteiger charge is -2.13. The van der Waals surface area contributed by atoms with Crippen LogP contribution in [0.3, 0.4) is 0 Å². The summed E-state index contributed by atoms with van der Waals surface area (Å²) in [6, 6.07) is 13.5. The van der Waals surface area contributed by atoms with Crippen molar-refractivity contribution in [3.05, 3.63) is 48.0 Å². The highest BCUT2D eigenvalue weighted by Gasteiger charge is 2.21. The maximum absolute atomic E-state index is 12.7. The van der Waals surface area contributed by atoms with Gasteiger partial charge in [-0.25, -0.2) is 0 Å². The number of carbonyl (C=O) groups excluding carboxylic acids is 1. The van der Waals surface area contributed by atoms with Crippen molar-refractivity contribution in [1.82, 2.24) is 14.8 Å². The third-order valence-corrected chi connectivity index (χ3v) is 5.68. The van der Waals surface area contributed by atoms with Crippen LogP contribution in [0, 0.1) is 6.92 Å². The lowest BCUT2D eigenvalue weighted by atomic mass is 10.1. The summed E-state index contributed by atoms with van der Waals surface area (Å²) in [7, 11) is 0. The SMILES string of the molecule is CCn1c(SC(C)C(=O)Nc2ccc3c(c2)OCO3)nnc1-c1cccc(C)c1. The number of nitrogens with one attached hydrogen (secondary N) is 1. The largest absolute Gasteiger partial charge is 0.454 e. The normalized spacial score (nSPS) is 13.3. The van der Waals surface area contributed by atoms with E-state index in [1.54, 1.807) is 18.2 Å². The van der Waals surface area contributed by atoms with Crippen LogP contribution in [0.5, 0.6) is 11.5 Å². The van der Waals surface area contributed by atoms with Crippen molar-refractivity contribution in [2.24, 2.45) is 0 Å². The van der Waals surface area contributed by atoms with Gasteiger partial charge in [-0.2, -0.15) is 0 Å². The molecule has 8 heteroatoms. The summed E-state index contributed by atoms with van der Waals surface area (Å²) in [5.74, 6) is 2.01. The van der Waals surface area contributed by atoms with Crippen molar-refractivity contribution in [1.29, 1.82) is 0 Å². The molecule has 2 aromatic carbocycles. The monoisotopic (exact) mass is 410 g/mol. The fraction of sp³-hybridized carbons (Fsp3) is 0.286. The number of ether oxygens (including phenoxy) is 2. The number of hydrogen-bond acceptors (Lipinski definition) is 6. The van der Waals surface area contributed by atoms with Gasteiger partial charge in [0.1, 0.15) is 0 Å². The second-order valence-electron chi connectivity index (χ2n) is 6.74. The predicted molar refractivity (Wildman–Crippen MR) is 112 cm³/mol. The topological polar surface area (TPSA) is 78.3 Å². The number of nitrogens with zero attached hydrogens (tertiary/aromatic N) is 3. The van der Waals surface area contributed by atoms with E-state index >= 15 is 0 Å². The molecule has 0 radical (unpaired) electrons. The van der Waals surface area contributed by atoms with Crippen LogP contribution in [0.25, 0.3) is 11.4 Å². The number of anilines is 1. The number of carbonyl (C=O) groups is 1. The summed E-state index contributed by atoms with van der Waals surface area (Å²) in [6.07, 6.45) is 0. The third-order valence-electron chi connectivity index (χ3n) is 4.60. The van der Waals surface area contributed by atoms with E-state index < -0.39 is 0 Å². The lowest BCUT2D eigenvalue weighted by molar-refractivity contribution is -0.115. The van der Waals surface area contributed by atoms with Crippen molar-refractivity contribution in [3.8, 4) is 22.9 Å². The van der Waals surface area contributed by atoms with Gasteiger partial charge in [-0.05, 0) is 39.0 Å². The molecule has 7 nitrogen and oxygen atoms in total. The minimum Gasteiger partial charge on any atom is -0.454 e. The molecule has 0 bridgehead atoms. The summed E-state index contributed by atoms with van der Waals surface area (Å²) in [6.45, 7) is 6.87. The van der Waals surface area contributed by atoms with Crippen LogP contribution in [0.4, 0.5) is 5.69 Å². The van der Waals surface area contributed by atoms with Crippen LogP contribution in [-0.4, -0.2) is 32.7 Å². The molecule has 150 valence electrons. The van der Waals surface area contributed by atoms with Gasteiger partial charge in [0.25, 0.3) is 0 Å². The van der Waals surface area contributed by atoms with E-state index in [2.05, 4.69) is 21.6 Å². The summed E-state index contributed by atoms with van der Waals surface area (Å²) in [5, 5.41) is 12.0. The van der Waals surface area contributed by atoms with Crippen molar-refractivity contribution in [2.75, 3.05) is 12.1 Å². The maximum atomic E-state index is 12.7. The first-order valence-electron chi connectivity index (χ1n) is 9.42. The van der Waals surface area contributed by atoms with E-state index in [9.17, 15) is 4.79 Å². The molecule has 4 rings (SSSR count).